The third-order valence-electron chi connectivity index (χ3n) is 5.85. The van der Waals surface area contributed by atoms with Gasteiger partial charge in [-0.15, -0.1) is 0 Å². The molecule has 4 rings (SSSR count). The Hall–Kier alpha value is -3.46. The minimum atomic E-state index is -0.621. The number of para-hydroxylation sites is 1. The van der Waals surface area contributed by atoms with E-state index in [1.165, 1.54) is 0 Å². The van der Waals surface area contributed by atoms with Crippen LogP contribution < -0.4 is 15.2 Å². The second-order valence-electron chi connectivity index (χ2n) is 8.20. The van der Waals surface area contributed by atoms with Gasteiger partial charge < -0.3 is 19.9 Å². The fraction of sp³-hybridized carbons (Fsp3) is 0.417. The molecular formula is C24H30N6O3. The van der Waals surface area contributed by atoms with Crippen molar-refractivity contribution in [3.63, 3.8) is 0 Å². The number of carbonyl (C=O) groups is 2. The molecule has 0 aliphatic carbocycles. The van der Waals surface area contributed by atoms with Crippen molar-refractivity contribution in [3.8, 4) is 0 Å². The van der Waals surface area contributed by atoms with Gasteiger partial charge in [-0.25, -0.2) is 9.78 Å². The van der Waals surface area contributed by atoms with Crippen LogP contribution in [0.1, 0.15) is 18.9 Å². The van der Waals surface area contributed by atoms with E-state index >= 15 is 0 Å². The molecule has 1 atom stereocenters. The molecule has 1 fully saturated rings. The van der Waals surface area contributed by atoms with E-state index in [0.29, 0.717) is 6.54 Å². The monoisotopic (exact) mass is 450 g/mol. The first-order valence-corrected chi connectivity index (χ1v) is 11.3. The van der Waals surface area contributed by atoms with Crippen molar-refractivity contribution in [2.75, 3.05) is 49.7 Å². The quantitative estimate of drug-likeness (QED) is 0.642. The Kier molecular flexibility index (Phi) is 7.19. The first kappa shape index (κ1) is 22.7. The number of nitrogens with one attached hydrogen (secondary N) is 1. The van der Waals surface area contributed by atoms with Gasteiger partial charge in [0.05, 0.1) is 12.3 Å². The lowest BCUT2D eigenvalue weighted by atomic mass is 10.1. The average molecular weight is 451 g/mol. The van der Waals surface area contributed by atoms with Crippen molar-refractivity contribution < 1.29 is 14.3 Å². The highest BCUT2D eigenvalue weighted by atomic mass is 16.5. The van der Waals surface area contributed by atoms with Crippen molar-refractivity contribution >= 4 is 29.1 Å². The number of likely N-dealkylation sites (N-methyl/N-ethyl adjacent to an activating group) is 1. The smallest absolute Gasteiger partial charge is 0.354 e. The van der Waals surface area contributed by atoms with Crippen LogP contribution in [0.5, 0.6) is 0 Å². The summed E-state index contributed by atoms with van der Waals surface area (Å²) in [5.74, 6) is 0.263. The van der Waals surface area contributed by atoms with Crippen molar-refractivity contribution in [1.29, 1.82) is 0 Å². The van der Waals surface area contributed by atoms with E-state index in [1.807, 2.05) is 42.5 Å². The van der Waals surface area contributed by atoms with Crippen LogP contribution in [-0.4, -0.2) is 73.3 Å². The van der Waals surface area contributed by atoms with Gasteiger partial charge in [0.2, 0.25) is 5.91 Å². The number of hydrogen-bond acceptors (Lipinski definition) is 8. The summed E-state index contributed by atoms with van der Waals surface area (Å²) in [5, 5.41) is 8.96. The number of rotatable bonds is 7. The molecule has 0 bridgehead atoms. The van der Waals surface area contributed by atoms with E-state index in [1.54, 1.807) is 18.1 Å². The molecule has 33 heavy (non-hydrogen) atoms. The summed E-state index contributed by atoms with van der Waals surface area (Å²) in [7, 11) is 2.13. The number of amides is 1. The second kappa shape index (κ2) is 10.4. The Morgan fingerprint density at radius 2 is 1.85 bits per heavy atom. The largest absolute Gasteiger partial charge is 0.461 e. The van der Waals surface area contributed by atoms with E-state index in [9.17, 15) is 9.59 Å². The number of esters is 1. The lowest BCUT2D eigenvalue weighted by molar-refractivity contribution is -0.135. The fourth-order valence-electron chi connectivity index (χ4n) is 3.92. The topological polar surface area (TPSA) is 90.4 Å². The number of anilines is 2. The highest BCUT2D eigenvalue weighted by Crippen LogP contribution is 2.25. The van der Waals surface area contributed by atoms with Gasteiger partial charge >= 0.3 is 5.97 Å². The van der Waals surface area contributed by atoms with Crippen molar-refractivity contribution in [3.05, 3.63) is 54.2 Å². The SMILES string of the molecule is CCOC(=O)C1=NN(c2ccccc2)C(C(=O)NCc2ccc(N3CCN(C)CC3)nc2)C1. The minimum absolute atomic E-state index is 0.195. The molecule has 174 valence electrons. The average Bonchev–Trinajstić information content (AvgIpc) is 3.30. The zero-order valence-electron chi connectivity index (χ0n) is 19.1. The molecule has 1 saturated heterocycles. The maximum Gasteiger partial charge on any atom is 0.354 e. The van der Waals surface area contributed by atoms with Crippen molar-refractivity contribution in [1.82, 2.24) is 15.2 Å². The molecule has 9 nitrogen and oxygen atoms in total. The van der Waals surface area contributed by atoms with Crippen LogP contribution in [-0.2, 0) is 20.9 Å². The van der Waals surface area contributed by atoms with E-state index < -0.39 is 12.0 Å². The maximum absolute atomic E-state index is 13.1. The van der Waals surface area contributed by atoms with E-state index in [0.717, 1.165) is 43.2 Å². The van der Waals surface area contributed by atoms with Gasteiger partial charge in [0.1, 0.15) is 17.6 Å². The van der Waals surface area contributed by atoms with Crippen LogP contribution >= 0.6 is 0 Å². The molecule has 1 aromatic carbocycles. The van der Waals surface area contributed by atoms with Crippen LogP contribution in [0, 0.1) is 0 Å². The van der Waals surface area contributed by atoms with Crippen LogP contribution in [0.15, 0.2) is 53.8 Å². The van der Waals surface area contributed by atoms with Gasteiger partial charge in [0.15, 0.2) is 0 Å². The van der Waals surface area contributed by atoms with Gasteiger partial charge in [-0.2, -0.15) is 5.10 Å². The molecule has 1 amide bonds. The zero-order valence-corrected chi connectivity index (χ0v) is 19.1. The van der Waals surface area contributed by atoms with Gasteiger partial charge in [-0.1, -0.05) is 24.3 Å². The van der Waals surface area contributed by atoms with Crippen LogP contribution in [0.2, 0.25) is 0 Å². The van der Waals surface area contributed by atoms with Crippen molar-refractivity contribution in [2.24, 2.45) is 5.10 Å². The van der Waals surface area contributed by atoms with E-state index in [2.05, 4.69) is 32.2 Å². The lowest BCUT2D eigenvalue weighted by Crippen LogP contribution is -2.44. The van der Waals surface area contributed by atoms with E-state index in [4.69, 9.17) is 4.74 Å². The molecule has 2 aliphatic heterocycles. The molecule has 3 heterocycles. The third kappa shape index (κ3) is 5.48. The Labute approximate surface area is 194 Å². The molecule has 9 heteroatoms. The number of hydrogen-bond donors (Lipinski definition) is 1. The number of carbonyl (C=O) groups excluding carboxylic acids is 2. The summed E-state index contributed by atoms with van der Waals surface area (Å²) in [4.78, 5) is 34.4. The van der Waals surface area contributed by atoms with Gasteiger partial charge in [-0.05, 0) is 37.7 Å². The Morgan fingerprint density at radius 1 is 1.09 bits per heavy atom. The highest BCUT2D eigenvalue weighted by molar-refractivity contribution is 6.38. The predicted octanol–water partition coefficient (Wildman–Crippen LogP) is 1.65. The number of aromatic nitrogens is 1. The standard InChI is InChI=1S/C24H30N6O3/c1-3-33-24(32)20-15-21(30(27-20)19-7-5-4-6-8-19)23(31)26-17-18-9-10-22(25-16-18)29-13-11-28(2)12-14-29/h4-10,16,21H,3,11-15,17H2,1-2H3,(H,26,31). The Bertz CT molecular complexity index is 987. The fourth-order valence-corrected chi connectivity index (χ4v) is 3.92. The molecule has 2 aromatic rings. The zero-order chi connectivity index (χ0) is 23.2. The number of nitrogens with zero attached hydrogens (tertiary/aromatic N) is 5. The number of pyridine rings is 1. The molecule has 0 radical (unpaired) electrons. The van der Waals surface area contributed by atoms with Crippen LogP contribution in [0.4, 0.5) is 11.5 Å². The minimum Gasteiger partial charge on any atom is -0.461 e. The summed E-state index contributed by atoms with van der Waals surface area (Å²) in [6.45, 7) is 6.32. The summed E-state index contributed by atoms with van der Waals surface area (Å²) in [6, 6.07) is 12.7. The normalized spacial score (nSPS) is 18.7. The van der Waals surface area contributed by atoms with Gasteiger partial charge in [0.25, 0.3) is 0 Å². The van der Waals surface area contributed by atoms with Gasteiger partial charge in [-0.3, -0.25) is 9.80 Å². The predicted molar refractivity (Wildman–Crippen MR) is 127 cm³/mol. The van der Waals surface area contributed by atoms with Crippen LogP contribution in [0.25, 0.3) is 0 Å². The molecular weight excluding hydrogens is 420 g/mol. The molecule has 1 unspecified atom stereocenters. The number of benzene rings is 1. The van der Waals surface area contributed by atoms with Crippen LogP contribution in [0.3, 0.4) is 0 Å². The van der Waals surface area contributed by atoms with Crippen molar-refractivity contribution in [2.45, 2.75) is 25.9 Å². The summed E-state index contributed by atoms with van der Waals surface area (Å²) >= 11 is 0. The first-order valence-electron chi connectivity index (χ1n) is 11.3. The maximum atomic E-state index is 13.1. The second-order valence-corrected chi connectivity index (χ2v) is 8.20. The third-order valence-corrected chi connectivity index (χ3v) is 5.85. The Balaban J connectivity index is 1.39. The number of piperazine rings is 1. The Morgan fingerprint density at radius 3 is 2.52 bits per heavy atom. The number of ether oxygens (including phenoxy) is 1. The molecule has 1 N–H and O–H groups in total. The molecule has 1 aromatic heterocycles. The van der Waals surface area contributed by atoms with E-state index in [-0.39, 0.29) is 24.6 Å². The molecule has 0 spiro atoms. The molecule has 0 saturated carbocycles. The lowest BCUT2D eigenvalue weighted by Gasteiger charge is -2.33. The number of hydrazone groups is 1. The highest BCUT2D eigenvalue weighted by Gasteiger charge is 2.36. The van der Waals surface area contributed by atoms with Gasteiger partial charge in [0, 0.05) is 45.3 Å². The summed E-state index contributed by atoms with van der Waals surface area (Å²) in [5.41, 5.74) is 1.91. The molecule has 2 aliphatic rings. The first-order chi connectivity index (χ1) is 16.0. The summed E-state index contributed by atoms with van der Waals surface area (Å²) in [6.07, 6.45) is 2.00. The summed E-state index contributed by atoms with van der Waals surface area (Å²) < 4.78 is 5.09.